The van der Waals surface area contributed by atoms with Crippen LogP contribution in [0.25, 0.3) is 0 Å². The predicted octanol–water partition coefficient (Wildman–Crippen LogP) is 7.45. The summed E-state index contributed by atoms with van der Waals surface area (Å²) in [5, 5.41) is 0. The van der Waals surface area contributed by atoms with E-state index < -0.39 is 0 Å². The molecule has 3 nitrogen and oxygen atoms in total. The number of fused-ring (bicyclic) bond motifs is 8. The van der Waals surface area contributed by atoms with Gasteiger partial charge in [0.1, 0.15) is 0 Å². The van der Waals surface area contributed by atoms with Crippen molar-refractivity contribution in [3.8, 4) is 0 Å². The number of allylic oxidation sites excluding steroid dienone is 4. The molecule has 0 heterocycles. The highest BCUT2D eigenvalue weighted by Gasteiger charge is 2.66. The Morgan fingerprint density at radius 1 is 0.946 bits per heavy atom. The lowest BCUT2D eigenvalue weighted by molar-refractivity contribution is -0.173. The van der Waals surface area contributed by atoms with Gasteiger partial charge in [0.2, 0.25) is 0 Å². The van der Waals surface area contributed by atoms with E-state index in [1.54, 1.807) is 11.1 Å². The Morgan fingerprint density at radius 2 is 1.76 bits per heavy atom. The van der Waals surface area contributed by atoms with E-state index in [-0.39, 0.29) is 22.8 Å². The van der Waals surface area contributed by atoms with Crippen molar-refractivity contribution >= 4 is 5.97 Å². The van der Waals surface area contributed by atoms with Gasteiger partial charge in [-0.2, -0.15) is 0 Å². The molecule has 0 saturated heterocycles. The van der Waals surface area contributed by atoms with Gasteiger partial charge in [-0.3, -0.25) is 4.79 Å². The van der Waals surface area contributed by atoms with Gasteiger partial charge in [-0.25, -0.2) is 0 Å². The Kier molecular flexibility index (Phi) is 5.38. The first kappa shape index (κ1) is 24.9. The summed E-state index contributed by atoms with van der Waals surface area (Å²) in [6.07, 6.45) is 19.8. The van der Waals surface area contributed by atoms with Crippen LogP contribution in [0.3, 0.4) is 0 Å². The van der Waals surface area contributed by atoms with E-state index in [1.165, 1.54) is 64.2 Å². The number of nitrogens with two attached hydrogens (primary N) is 1. The Bertz CT molecular complexity index is 1060. The number of hydrogen-bond donors (Lipinski definition) is 1. The monoisotopic (exact) mass is 505 g/mol. The highest BCUT2D eigenvalue weighted by molar-refractivity contribution is 5.78. The van der Waals surface area contributed by atoms with Crippen LogP contribution in [0.15, 0.2) is 23.3 Å². The average molecular weight is 506 g/mol. The van der Waals surface area contributed by atoms with Crippen molar-refractivity contribution in [3.63, 3.8) is 0 Å². The smallest absolute Gasteiger partial charge is 0.309 e. The van der Waals surface area contributed by atoms with E-state index in [2.05, 4.69) is 39.8 Å². The molecule has 0 spiro atoms. The van der Waals surface area contributed by atoms with Crippen LogP contribution in [0.2, 0.25) is 0 Å². The van der Waals surface area contributed by atoms with Crippen molar-refractivity contribution in [1.82, 2.24) is 0 Å². The molecule has 5 fully saturated rings. The maximum Gasteiger partial charge on any atom is 0.309 e. The van der Waals surface area contributed by atoms with Crippen LogP contribution in [-0.2, 0) is 9.53 Å². The first-order chi connectivity index (χ1) is 17.5. The summed E-state index contributed by atoms with van der Waals surface area (Å²) in [6, 6.07) is 0. The highest BCUT2D eigenvalue weighted by atomic mass is 16.5. The van der Waals surface area contributed by atoms with E-state index in [1.807, 2.05) is 6.92 Å². The van der Waals surface area contributed by atoms with E-state index in [9.17, 15) is 4.79 Å². The minimum absolute atomic E-state index is 0.0339. The molecule has 5 saturated carbocycles. The minimum atomic E-state index is 0.0339. The number of esters is 1. The van der Waals surface area contributed by atoms with Crippen molar-refractivity contribution < 1.29 is 9.53 Å². The number of carbonyl (C=O) groups excluding carboxylic acids is 1. The van der Waals surface area contributed by atoms with Gasteiger partial charge >= 0.3 is 5.97 Å². The molecule has 0 aromatic carbocycles. The molecule has 0 aromatic rings. The van der Waals surface area contributed by atoms with E-state index in [0.29, 0.717) is 29.3 Å². The third kappa shape index (κ3) is 3.25. The molecule has 10 unspecified atom stereocenters. The number of carbonyl (C=O) groups is 1. The largest absolute Gasteiger partial charge is 0.466 e. The summed E-state index contributed by atoms with van der Waals surface area (Å²) in [5.41, 5.74) is 11.5. The SMILES string of the molecule is CCOC(=O)C1C2C=C(C3=CCC4(C)C(CCC5(C)C6CCC7(N)CCC[C@@H]7C6CCC54)C3(C)C)CC21. The fourth-order valence-corrected chi connectivity index (χ4v) is 12.6. The third-order valence-electron chi connectivity index (χ3n) is 14.1. The van der Waals surface area contributed by atoms with Gasteiger partial charge in [-0.05, 0) is 140 Å². The minimum Gasteiger partial charge on any atom is -0.466 e. The fraction of sp³-hybridized carbons (Fsp3) is 0.853. The predicted molar refractivity (Wildman–Crippen MR) is 148 cm³/mol. The molecule has 0 radical (unpaired) electrons. The fourth-order valence-electron chi connectivity index (χ4n) is 12.6. The lowest BCUT2D eigenvalue weighted by atomic mass is 9.37. The molecule has 0 bridgehead atoms. The molecule has 3 heteroatoms. The Balaban J connectivity index is 1.15. The lowest BCUT2D eigenvalue weighted by Gasteiger charge is -2.68. The van der Waals surface area contributed by atoms with Gasteiger partial charge in [-0.1, -0.05) is 46.3 Å². The van der Waals surface area contributed by atoms with Crippen LogP contribution in [0.5, 0.6) is 0 Å². The van der Waals surface area contributed by atoms with Gasteiger partial charge < -0.3 is 10.5 Å². The first-order valence-electron chi connectivity index (χ1n) is 15.9. The van der Waals surface area contributed by atoms with E-state index in [4.69, 9.17) is 10.5 Å². The van der Waals surface area contributed by atoms with E-state index in [0.717, 1.165) is 36.0 Å². The Labute approximate surface area is 225 Å². The van der Waals surface area contributed by atoms with Crippen molar-refractivity contribution in [2.75, 3.05) is 6.61 Å². The Morgan fingerprint density at radius 3 is 2.49 bits per heavy atom. The lowest BCUT2D eigenvalue weighted by Crippen LogP contribution is -2.63. The quantitative estimate of drug-likeness (QED) is 0.405. The summed E-state index contributed by atoms with van der Waals surface area (Å²) in [7, 11) is 0. The Hall–Kier alpha value is -1.09. The van der Waals surface area contributed by atoms with Gasteiger partial charge in [0.05, 0.1) is 12.5 Å². The highest BCUT2D eigenvalue weighted by Crippen LogP contribution is 2.72. The molecule has 11 atom stereocenters. The summed E-state index contributed by atoms with van der Waals surface area (Å²) < 4.78 is 5.34. The zero-order valence-electron chi connectivity index (χ0n) is 24.2. The topological polar surface area (TPSA) is 52.3 Å². The molecule has 7 aliphatic carbocycles. The number of hydrogen-bond acceptors (Lipinski definition) is 3. The maximum atomic E-state index is 12.3. The number of rotatable bonds is 3. The average Bonchev–Trinajstić information content (AvgIpc) is 3.12. The van der Waals surface area contributed by atoms with Crippen molar-refractivity contribution in [2.24, 2.45) is 69.3 Å². The standard InChI is InChI=1S/C34H51NO2/c1-6-37-30(36)29-22-18-20(19-23(22)29)24-11-15-33(5)27(31(24,2)3)13-16-32(4)25-12-17-34(35)14-7-8-26(34)21(25)9-10-28(32)33/h11,18,21-23,25-29H,6-10,12-17,19,35H2,1-5H3/t21?,22?,23?,25?,26-,27?,28?,29?,32?,33?,34?/m1/s1. The van der Waals surface area contributed by atoms with Gasteiger partial charge in [0, 0.05) is 5.54 Å². The molecule has 0 aromatic heterocycles. The molecule has 7 rings (SSSR count). The second-order valence-electron chi connectivity index (χ2n) is 15.7. The summed E-state index contributed by atoms with van der Waals surface area (Å²) in [5.74, 6) is 5.25. The van der Waals surface area contributed by atoms with Crippen LogP contribution in [0.1, 0.15) is 105 Å². The molecule has 0 aliphatic heterocycles. The van der Waals surface area contributed by atoms with Crippen LogP contribution in [-0.4, -0.2) is 18.1 Å². The molecular weight excluding hydrogens is 454 g/mol. The molecule has 37 heavy (non-hydrogen) atoms. The maximum absolute atomic E-state index is 12.3. The van der Waals surface area contributed by atoms with Crippen molar-refractivity contribution in [1.29, 1.82) is 0 Å². The van der Waals surface area contributed by atoms with Crippen LogP contribution in [0, 0.1) is 63.6 Å². The van der Waals surface area contributed by atoms with Gasteiger partial charge in [0.25, 0.3) is 0 Å². The third-order valence-corrected chi connectivity index (χ3v) is 14.1. The second kappa shape index (κ2) is 7.98. The normalized spacial score (nSPS) is 53.0. The molecule has 7 aliphatic rings. The molecule has 0 amide bonds. The first-order valence-corrected chi connectivity index (χ1v) is 15.9. The summed E-state index contributed by atoms with van der Waals surface area (Å²) in [6.45, 7) is 13.0. The zero-order chi connectivity index (χ0) is 26.0. The van der Waals surface area contributed by atoms with Crippen molar-refractivity contribution in [2.45, 2.75) is 111 Å². The van der Waals surface area contributed by atoms with Crippen LogP contribution < -0.4 is 5.73 Å². The van der Waals surface area contributed by atoms with E-state index >= 15 is 0 Å². The second-order valence-corrected chi connectivity index (χ2v) is 15.7. The van der Waals surface area contributed by atoms with Crippen molar-refractivity contribution in [3.05, 3.63) is 23.3 Å². The van der Waals surface area contributed by atoms with Gasteiger partial charge in [-0.15, -0.1) is 0 Å². The van der Waals surface area contributed by atoms with Crippen LogP contribution >= 0.6 is 0 Å². The molecular formula is C34H51NO2. The summed E-state index contributed by atoms with van der Waals surface area (Å²) >= 11 is 0. The van der Waals surface area contributed by atoms with Gasteiger partial charge in [0.15, 0.2) is 0 Å². The molecule has 204 valence electrons. The summed E-state index contributed by atoms with van der Waals surface area (Å²) in [4.78, 5) is 12.3. The molecule has 2 N–H and O–H groups in total. The number of ether oxygens (including phenoxy) is 1. The zero-order valence-corrected chi connectivity index (χ0v) is 24.2. The van der Waals surface area contributed by atoms with Crippen LogP contribution in [0.4, 0.5) is 0 Å².